The lowest BCUT2D eigenvalue weighted by atomic mass is 9.97. The van der Waals surface area contributed by atoms with Gasteiger partial charge in [-0.2, -0.15) is 0 Å². The number of benzene rings is 2. The molecule has 1 aliphatic rings. The van der Waals surface area contributed by atoms with E-state index in [0.717, 1.165) is 12.8 Å². The lowest BCUT2D eigenvalue weighted by molar-refractivity contribution is 0.446. The van der Waals surface area contributed by atoms with E-state index in [-0.39, 0.29) is 4.87 Å². The van der Waals surface area contributed by atoms with Crippen molar-refractivity contribution in [2.45, 2.75) is 30.7 Å². The van der Waals surface area contributed by atoms with Crippen LogP contribution in [0.5, 0.6) is 0 Å². The summed E-state index contributed by atoms with van der Waals surface area (Å²) in [6.07, 6.45) is 2.16. The molecule has 0 radical (unpaired) electrons. The zero-order chi connectivity index (χ0) is 13.8. The van der Waals surface area contributed by atoms with E-state index < -0.39 is 0 Å². The van der Waals surface area contributed by atoms with Gasteiger partial charge < -0.3 is 0 Å². The monoisotopic (exact) mass is 283 g/mol. The van der Waals surface area contributed by atoms with E-state index in [2.05, 4.69) is 84.7 Å². The molecule has 2 heteroatoms. The Morgan fingerprint density at radius 1 is 0.950 bits per heavy atom. The molecule has 1 nitrogen and oxygen atoms in total. The predicted octanol–water partition coefficient (Wildman–Crippen LogP) is 3.89. The zero-order valence-electron chi connectivity index (χ0n) is 11.9. The Kier molecular flexibility index (Phi) is 4.13. The Balaban J connectivity index is 1.82. The van der Waals surface area contributed by atoms with E-state index in [4.69, 9.17) is 0 Å². The fraction of sp³-hybridized carbons (Fsp3) is 0.333. The van der Waals surface area contributed by atoms with Gasteiger partial charge in [-0.05, 0) is 18.1 Å². The molecule has 1 unspecified atom stereocenters. The fourth-order valence-electron chi connectivity index (χ4n) is 2.93. The third kappa shape index (κ3) is 3.25. The van der Waals surface area contributed by atoms with Gasteiger partial charge in [0, 0.05) is 24.6 Å². The van der Waals surface area contributed by atoms with E-state index in [0.29, 0.717) is 6.04 Å². The van der Waals surface area contributed by atoms with Crippen molar-refractivity contribution in [3.63, 3.8) is 0 Å². The molecule has 0 aromatic heterocycles. The van der Waals surface area contributed by atoms with Gasteiger partial charge >= 0.3 is 0 Å². The lowest BCUT2D eigenvalue weighted by Crippen LogP contribution is -2.44. The van der Waals surface area contributed by atoms with Gasteiger partial charge in [-0.15, -0.1) is 11.8 Å². The Morgan fingerprint density at radius 3 is 1.85 bits per heavy atom. The average Bonchev–Trinajstić information content (AvgIpc) is 2.82. The first-order chi connectivity index (χ1) is 9.76. The van der Waals surface area contributed by atoms with Gasteiger partial charge in [0.15, 0.2) is 0 Å². The molecule has 0 saturated carbocycles. The van der Waals surface area contributed by atoms with Crippen molar-refractivity contribution in [2.24, 2.45) is 0 Å². The van der Waals surface area contributed by atoms with Crippen molar-refractivity contribution in [3.05, 3.63) is 71.8 Å². The van der Waals surface area contributed by atoms with Crippen molar-refractivity contribution >= 4 is 11.8 Å². The molecule has 2 aromatic rings. The summed E-state index contributed by atoms with van der Waals surface area (Å²) < 4.78 is 0. The molecular weight excluding hydrogens is 262 g/mol. The third-order valence-corrected chi connectivity index (χ3v) is 5.41. The maximum absolute atomic E-state index is 3.83. The first-order valence-electron chi connectivity index (χ1n) is 7.25. The topological polar surface area (TPSA) is 12.0 Å². The maximum atomic E-state index is 3.83. The molecule has 2 aromatic carbocycles. The number of hydrogen-bond acceptors (Lipinski definition) is 2. The van der Waals surface area contributed by atoms with Gasteiger partial charge in [0.05, 0.1) is 4.87 Å². The molecule has 1 N–H and O–H groups in total. The number of hydrogen-bond donors (Lipinski definition) is 1. The van der Waals surface area contributed by atoms with Gasteiger partial charge in [-0.25, -0.2) is 0 Å². The minimum atomic E-state index is 0.141. The van der Waals surface area contributed by atoms with Crippen LogP contribution in [0.25, 0.3) is 0 Å². The molecule has 20 heavy (non-hydrogen) atoms. The Morgan fingerprint density at radius 2 is 1.45 bits per heavy atom. The largest absolute Gasteiger partial charge is 0.299 e. The number of rotatable bonds is 4. The van der Waals surface area contributed by atoms with Crippen molar-refractivity contribution in [1.82, 2.24) is 5.32 Å². The van der Waals surface area contributed by atoms with Gasteiger partial charge in [0.25, 0.3) is 0 Å². The molecule has 0 bridgehead atoms. The van der Waals surface area contributed by atoms with E-state index >= 15 is 0 Å². The second-order valence-corrected chi connectivity index (χ2v) is 7.08. The molecule has 0 spiro atoms. The normalized spacial score (nSPS) is 20.9. The van der Waals surface area contributed by atoms with E-state index in [9.17, 15) is 0 Å². The van der Waals surface area contributed by atoms with Crippen LogP contribution in [0.3, 0.4) is 0 Å². The average molecular weight is 283 g/mol. The predicted molar refractivity (Wildman–Crippen MR) is 88.1 cm³/mol. The van der Waals surface area contributed by atoms with Crippen molar-refractivity contribution in [3.8, 4) is 0 Å². The molecule has 1 heterocycles. The summed E-state index contributed by atoms with van der Waals surface area (Å²) >= 11 is 2.08. The first-order valence-corrected chi connectivity index (χ1v) is 8.24. The second kappa shape index (κ2) is 6.02. The quantitative estimate of drug-likeness (QED) is 0.913. The molecule has 1 atom stereocenters. The molecule has 1 aliphatic heterocycles. The van der Waals surface area contributed by atoms with Crippen LogP contribution in [0.15, 0.2) is 60.7 Å². The van der Waals surface area contributed by atoms with Gasteiger partial charge in [0.2, 0.25) is 0 Å². The Bertz CT molecular complexity index is 496. The summed E-state index contributed by atoms with van der Waals surface area (Å²) in [7, 11) is 0. The van der Waals surface area contributed by atoms with Crippen LogP contribution in [-0.2, 0) is 12.8 Å². The van der Waals surface area contributed by atoms with Crippen LogP contribution in [-0.4, -0.2) is 16.7 Å². The van der Waals surface area contributed by atoms with Crippen molar-refractivity contribution in [2.75, 3.05) is 5.75 Å². The first kappa shape index (κ1) is 13.7. The summed E-state index contributed by atoms with van der Waals surface area (Å²) in [6.45, 7) is 2.28. The molecule has 1 saturated heterocycles. The lowest BCUT2D eigenvalue weighted by Gasteiger charge is -2.30. The summed E-state index contributed by atoms with van der Waals surface area (Å²) in [4.78, 5) is 0.141. The van der Waals surface area contributed by atoms with E-state index in [1.54, 1.807) is 0 Å². The Labute approximate surface area is 125 Å². The Hall–Kier alpha value is -1.25. The molecule has 1 fully saturated rings. The maximum Gasteiger partial charge on any atom is 0.0729 e. The van der Waals surface area contributed by atoms with Crippen LogP contribution in [0.2, 0.25) is 0 Å². The molecular formula is C18H21NS. The van der Waals surface area contributed by atoms with Crippen molar-refractivity contribution in [1.29, 1.82) is 0 Å². The highest BCUT2D eigenvalue weighted by Gasteiger charge is 2.37. The van der Waals surface area contributed by atoms with Crippen LogP contribution < -0.4 is 5.32 Å². The number of thioether (sulfide) groups is 1. The molecule has 3 rings (SSSR count). The van der Waals surface area contributed by atoms with E-state index in [1.807, 2.05) is 0 Å². The van der Waals surface area contributed by atoms with Gasteiger partial charge in [-0.1, -0.05) is 60.7 Å². The highest BCUT2D eigenvalue weighted by atomic mass is 32.2. The summed E-state index contributed by atoms with van der Waals surface area (Å²) in [5.41, 5.74) is 2.83. The summed E-state index contributed by atoms with van der Waals surface area (Å²) in [5, 5.41) is 3.83. The van der Waals surface area contributed by atoms with Crippen molar-refractivity contribution < 1.29 is 0 Å². The van der Waals surface area contributed by atoms with E-state index in [1.165, 1.54) is 16.9 Å². The fourth-order valence-corrected chi connectivity index (χ4v) is 4.41. The van der Waals surface area contributed by atoms with Crippen LogP contribution in [0, 0.1) is 0 Å². The molecule has 0 amide bonds. The molecule has 0 aliphatic carbocycles. The zero-order valence-corrected chi connectivity index (χ0v) is 12.7. The standard InChI is InChI=1S/C18H21NS/c1-15-14-20-18(19-15,12-16-8-4-2-5-9-16)13-17-10-6-3-7-11-17/h2-11,15,19H,12-14H2,1H3. The minimum Gasteiger partial charge on any atom is -0.299 e. The SMILES string of the molecule is CC1CSC(Cc2ccccc2)(Cc2ccccc2)N1. The highest BCUT2D eigenvalue weighted by molar-refractivity contribution is 8.00. The third-order valence-electron chi connectivity index (χ3n) is 3.78. The van der Waals surface area contributed by atoms with Crippen LogP contribution in [0.1, 0.15) is 18.1 Å². The van der Waals surface area contributed by atoms with Crippen LogP contribution >= 0.6 is 11.8 Å². The highest BCUT2D eigenvalue weighted by Crippen LogP contribution is 2.36. The number of nitrogens with one attached hydrogen (secondary N) is 1. The second-order valence-electron chi connectivity index (χ2n) is 5.68. The van der Waals surface area contributed by atoms with Gasteiger partial charge in [-0.3, -0.25) is 5.32 Å². The summed E-state index contributed by atoms with van der Waals surface area (Å²) in [6, 6.07) is 22.2. The summed E-state index contributed by atoms with van der Waals surface area (Å²) in [5.74, 6) is 1.19. The van der Waals surface area contributed by atoms with Crippen LogP contribution in [0.4, 0.5) is 0 Å². The molecule has 104 valence electrons. The minimum absolute atomic E-state index is 0.141. The van der Waals surface area contributed by atoms with Gasteiger partial charge in [0.1, 0.15) is 0 Å². The smallest absolute Gasteiger partial charge is 0.0729 e.